The van der Waals surface area contributed by atoms with E-state index in [1.54, 1.807) is 11.5 Å². The largest absolute Gasteiger partial charge is 0.366 e. The lowest BCUT2D eigenvalue weighted by molar-refractivity contribution is -0.150. The molecule has 3 rings (SSSR count). The van der Waals surface area contributed by atoms with Gasteiger partial charge >= 0.3 is 5.69 Å². The van der Waals surface area contributed by atoms with Crippen LogP contribution in [0.25, 0.3) is 0 Å². The van der Waals surface area contributed by atoms with Crippen molar-refractivity contribution in [3.05, 3.63) is 63.8 Å². The second-order valence-corrected chi connectivity index (χ2v) is 7.84. The van der Waals surface area contributed by atoms with Crippen LogP contribution >= 0.6 is 0 Å². The standard InChI is InChI=1S/C22H29N3O3/c1-15(2)19-13-24(14-20(28-19)18-8-6-5-7-9-18)21(26)10-11-25-17(4)12-16(3)23-22(25)27/h5-9,12,15,19-20H,10-11,13-14H2,1-4H3/t19-,20+/m1/s1. The predicted molar refractivity (Wildman–Crippen MR) is 108 cm³/mol. The number of carbonyl (C=O) groups is 1. The van der Waals surface area contributed by atoms with Crippen LogP contribution in [0.15, 0.2) is 41.2 Å². The number of rotatable bonds is 5. The van der Waals surface area contributed by atoms with E-state index in [2.05, 4.69) is 18.8 Å². The molecule has 0 saturated carbocycles. The maximum absolute atomic E-state index is 12.9. The molecule has 0 unspecified atom stereocenters. The number of benzene rings is 1. The highest BCUT2D eigenvalue weighted by molar-refractivity contribution is 5.76. The number of hydrogen-bond acceptors (Lipinski definition) is 4. The number of carbonyl (C=O) groups excluding carboxylic acids is 1. The fourth-order valence-corrected chi connectivity index (χ4v) is 3.62. The number of morpholine rings is 1. The third kappa shape index (κ3) is 4.68. The van der Waals surface area contributed by atoms with Gasteiger partial charge in [0.25, 0.3) is 0 Å². The molecule has 1 aliphatic heterocycles. The Labute approximate surface area is 166 Å². The van der Waals surface area contributed by atoms with Gasteiger partial charge in [0, 0.05) is 30.9 Å². The number of aryl methyl sites for hydroxylation is 2. The van der Waals surface area contributed by atoms with Crippen LogP contribution in [-0.4, -0.2) is 39.6 Å². The van der Waals surface area contributed by atoms with Crippen LogP contribution in [0, 0.1) is 19.8 Å². The van der Waals surface area contributed by atoms with E-state index >= 15 is 0 Å². The molecule has 1 aromatic heterocycles. The Hall–Kier alpha value is -2.47. The van der Waals surface area contributed by atoms with Gasteiger partial charge in [0.2, 0.25) is 5.91 Å². The Morgan fingerprint density at radius 1 is 1.21 bits per heavy atom. The zero-order valence-corrected chi connectivity index (χ0v) is 17.1. The summed E-state index contributed by atoms with van der Waals surface area (Å²) in [5.74, 6) is 0.356. The third-order valence-corrected chi connectivity index (χ3v) is 5.29. The molecule has 2 heterocycles. The SMILES string of the molecule is Cc1cc(C)n(CCC(=O)N2C[C@@H](c3ccccc3)O[C@@H](C(C)C)C2)c(=O)n1. The minimum absolute atomic E-state index is 0.00611. The van der Waals surface area contributed by atoms with Gasteiger partial charge < -0.3 is 9.64 Å². The van der Waals surface area contributed by atoms with E-state index in [4.69, 9.17) is 4.74 Å². The first-order chi connectivity index (χ1) is 13.3. The molecule has 2 aromatic rings. The van der Waals surface area contributed by atoms with Crippen molar-refractivity contribution in [3.63, 3.8) is 0 Å². The molecule has 1 aromatic carbocycles. The molecule has 6 nitrogen and oxygen atoms in total. The van der Waals surface area contributed by atoms with Gasteiger partial charge in [-0.15, -0.1) is 0 Å². The summed E-state index contributed by atoms with van der Waals surface area (Å²) in [6.45, 7) is 9.36. The van der Waals surface area contributed by atoms with Crippen molar-refractivity contribution in [1.82, 2.24) is 14.5 Å². The van der Waals surface area contributed by atoms with Crippen LogP contribution in [0.2, 0.25) is 0 Å². The second-order valence-electron chi connectivity index (χ2n) is 7.84. The normalized spacial score (nSPS) is 19.8. The van der Waals surface area contributed by atoms with Gasteiger partial charge in [0.15, 0.2) is 0 Å². The van der Waals surface area contributed by atoms with Crippen LogP contribution < -0.4 is 5.69 Å². The van der Waals surface area contributed by atoms with E-state index in [-0.39, 0.29) is 30.2 Å². The zero-order chi connectivity index (χ0) is 20.3. The van der Waals surface area contributed by atoms with Gasteiger partial charge in [-0.3, -0.25) is 9.36 Å². The van der Waals surface area contributed by atoms with Gasteiger partial charge in [-0.2, -0.15) is 4.98 Å². The highest BCUT2D eigenvalue weighted by Gasteiger charge is 2.32. The summed E-state index contributed by atoms with van der Waals surface area (Å²) in [7, 11) is 0. The topological polar surface area (TPSA) is 64.4 Å². The van der Waals surface area contributed by atoms with Crippen molar-refractivity contribution in [2.45, 2.75) is 52.9 Å². The summed E-state index contributed by atoms with van der Waals surface area (Å²) in [6, 6.07) is 11.9. The maximum atomic E-state index is 12.9. The zero-order valence-electron chi connectivity index (χ0n) is 17.1. The summed E-state index contributed by atoms with van der Waals surface area (Å²) in [5.41, 5.74) is 2.31. The molecule has 1 amide bonds. The molecule has 1 aliphatic rings. The average molecular weight is 383 g/mol. The Morgan fingerprint density at radius 3 is 2.57 bits per heavy atom. The van der Waals surface area contributed by atoms with Crippen LogP contribution in [0.1, 0.15) is 43.3 Å². The molecule has 1 fully saturated rings. The van der Waals surface area contributed by atoms with Crippen LogP contribution in [0.4, 0.5) is 0 Å². The van der Waals surface area contributed by atoms with E-state index in [0.29, 0.717) is 31.2 Å². The average Bonchev–Trinajstić information content (AvgIpc) is 2.67. The molecule has 6 heteroatoms. The molecular formula is C22H29N3O3. The first-order valence-electron chi connectivity index (χ1n) is 9.88. The van der Waals surface area contributed by atoms with Gasteiger partial charge in [0.05, 0.1) is 12.6 Å². The van der Waals surface area contributed by atoms with Crippen molar-refractivity contribution in [2.24, 2.45) is 5.92 Å². The number of aromatic nitrogens is 2. The fraction of sp³-hybridized carbons (Fsp3) is 0.500. The van der Waals surface area contributed by atoms with E-state index in [0.717, 1.165) is 11.3 Å². The predicted octanol–water partition coefficient (Wildman–Crippen LogP) is 2.87. The fourth-order valence-electron chi connectivity index (χ4n) is 3.62. The summed E-state index contributed by atoms with van der Waals surface area (Å²) in [5, 5.41) is 0. The Balaban J connectivity index is 1.72. The van der Waals surface area contributed by atoms with Gasteiger partial charge in [-0.1, -0.05) is 44.2 Å². The Morgan fingerprint density at radius 2 is 1.93 bits per heavy atom. The van der Waals surface area contributed by atoms with Crippen molar-refractivity contribution in [3.8, 4) is 0 Å². The molecule has 1 saturated heterocycles. The third-order valence-electron chi connectivity index (χ3n) is 5.29. The summed E-state index contributed by atoms with van der Waals surface area (Å²) in [6.07, 6.45) is 0.142. The van der Waals surface area contributed by atoms with E-state index in [9.17, 15) is 9.59 Å². The van der Waals surface area contributed by atoms with E-state index in [1.807, 2.05) is 48.2 Å². The smallest absolute Gasteiger partial charge is 0.347 e. The quantitative estimate of drug-likeness (QED) is 0.796. The number of ether oxygens (including phenoxy) is 1. The lowest BCUT2D eigenvalue weighted by atomic mass is 10.0. The van der Waals surface area contributed by atoms with Crippen LogP contribution in [-0.2, 0) is 16.1 Å². The molecule has 0 aliphatic carbocycles. The second kappa shape index (κ2) is 8.69. The van der Waals surface area contributed by atoms with Gasteiger partial charge in [-0.05, 0) is 31.4 Å². The van der Waals surface area contributed by atoms with Gasteiger partial charge in [0.1, 0.15) is 6.10 Å². The first-order valence-corrected chi connectivity index (χ1v) is 9.88. The van der Waals surface area contributed by atoms with Crippen LogP contribution in [0.3, 0.4) is 0 Å². The molecule has 150 valence electrons. The van der Waals surface area contributed by atoms with Crippen molar-refractivity contribution in [1.29, 1.82) is 0 Å². The molecule has 0 spiro atoms. The van der Waals surface area contributed by atoms with Gasteiger partial charge in [-0.25, -0.2) is 4.79 Å². The van der Waals surface area contributed by atoms with Crippen molar-refractivity contribution >= 4 is 5.91 Å². The molecule has 0 N–H and O–H groups in total. The van der Waals surface area contributed by atoms with E-state index < -0.39 is 0 Å². The number of amides is 1. The van der Waals surface area contributed by atoms with E-state index in [1.165, 1.54) is 0 Å². The molecule has 28 heavy (non-hydrogen) atoms. The maximum Gasteiger partial charge on any atom is 0.347 e. The Bertz CT molecular complexity index is 876. The Kier molecular flexibility index (Phi) is 6.29. The number of hydrogen-bond donors (Lipinski definition) is 0. The number of nitrogens with zero attached hydrogens (tertiary/aromatic N) is 3. The molecule has 0 radical (unpaired) electrons. The van der Waals surface area contributed by atoms with Crippen molar-refractivity contribution in [2.75, 3.05) is 13.1 Å². The monoisotopic (exact) mass is 383 g/mol. The molecule has 0 bridgehead atoms. The lowest BCUT2D eigenvalue weighted by Crippen LogP contribution is -2.49. The highest BCUT2D eigenvalue weighted by Crippen LogP contribution is 2.28. The molecule has 2 atom stereocenters. The summed E-state index contributed by atoms with van der Waals surface area (Å²) in [4.78, 5) is 30.9. The minimum Gasteiger partial charge on any atom is -0.366 e. The first kappa shape index (κ1) is 20.3. The van der Waals surface area contributed by atoms with Crippen molar-refractivity contribution < 1.29 is 9.53 Å². The van der Waals surface area contributed by atoms with Crippen LogP contribution in [0.5, 0.6) is 0 Å². The summed E-state index contributed by atoms with van der Waals surface area (Å²) < 4.78 is 7.84. The lowest BCUT2D eigenvalue weighted by Gasteiger charge is -2.40. The summed E-state index contributed by atoms with van der Waals surface area (Å²) >= 11 is 0. The molecular weight excluding hydrogens is 354 g/mol. The highest BCUT2D eigenvalue weighted by atomic mass is 16.5. The minimum atomic E-state index is -0.297.